The van der Waals surface area contributed by atoms with Gasteiger partial charge in [0.25, 0.3) is 0 Å². The van der Waals surface area contributed by atoms with Crippen molar-refractivity contribution in [3.8, 4) is 11.1 Å². The van der Waals surface area contributed by atoms with E-state index in [9.17, 15) is 19.5 Å². The summed E-state index contributed by atoms with van der Waals surface area (Å²) in [5.41, 5.74) is 4.57. The number of carbonyl (C=O) groups excluding carboxylic acids is 2. The summed E-state index contributed by atoms with van der Waals surface area (Å²) in [6, 6.07) is 26.5. The molecule has 8 nitrogen and oxygen atoms in total. The number of benzene rings is 3. The number of carboxylic acid groups (broad SMARTS) is 1. The highest BCUT2D eigenvalue weighted by Crippen LogP contribution is 2.44. The Morgan fingerprint density at radius 3 is 2.26 bits per heavy atom. The highest BCUT2D eigenvalue weighted by Gasteiger charge is 2.49. The molecule has 2 N–H and O–H groups in total. The number of hydrogen-bond donors (Lipinski definition) is 2. The van der Waals surface area contributed by atoms with E-state index in [1.165, 1.54) is 0 Å². The van der Waals surface area contributed by atoms with Crippen molar-refractivity contribution < 1.29 is 24.2 Å². The standard InChI is InChI=1S/C34H37N3O5/c38-31(39)19-25-11-8-17-37(21-25)32(40)34(16-18-36(23-34)20-24-9-2-1-3-10-24)35-33(41)42-22-30-28-14-6-4-12-26(28)27-13-5-7-15-29(27)30/h1-7,9-10,12-15,25,30H,8,11,16-23H2,(H,35,41)(H,38,39). The van der Waals surface area contributed by atoms with Gasteiger partial charge < -0.3 is 20.1 Å². The number of fused-ring (bicyclic) bond motifs is 3. The summed E-state index contributed by atoms with van der Waals surface area (Å²) in [6.45, 7) is 2.80. The Bertz CT molecular complexity index is 1410. The number of carbonyl (C=O) groups is 3. The first-order valence-electron chi connectivity index (χ1n) is 14.8. The van der Waals surface area contributed by atoms with Gasteiger partial charge in [-0.05, 0) is 53.0 Å². The Morgan fingerprint density at radius 2 is 1.57 bits per heavy atom. The number of amides is 2. The molecule has 42 heavy (non-hydrogen) atoms. The molecule has 2 atom stereocenters. The van der Waals surface area contributed by atoms with Crippen LogP contribution in [0.1, 0.15) is 48.3 Å². The zero-order chi connectivity index (χ0) is 29.1. The molecule has 2 unspecified atom stereocenters. The summed E-state index contributed by atoms with van der Waals surface area (Å²) in [5.74, 6) is -1.17. The lowest BCUT2D eigenvalue weighted by molar-refractivity contribution is -0.143. The molecule has 218 valence electrons. The van der Waals surface area contributed by atoms with Crippen LogP contribution in [0.2, 0.25) is 0 Å². The Kier molecular flexibility index (Phi) is 7.98. The molecule has 0 bridgehead atoms. The highest BCUT2D eigenvalue weighted by atomic mass is 16.5. The van der Waals surface area contributed by atoms with Crippen molar-refractivity contribution >= 4 is 18.0 Å². The molecule has 1 aliphatic carbocycles. The maximum atomic E-state index is 14.2. The summed E-state index contributed by atoms with van der Waals surface area (Å²) in [4.78, 5) is 42.9. The molecule has 2 saturated heterocycles. The van der Waals surface area contributed by atoms with Gasteiger partial charge in [0.2, 0.25) is 5.91 Å². The van der Waals surface area contributed by atoms with Gasteiger partial charge in [0, 0.05) is 45.1 Å². The average molecular weight is 568 g/mol. The summed E-state index contributed by atoms with van der Waals surface area (Å²) in [5, 5.41) is 12.4. The van der Waals surface area contributed by atoms with Crippen LogP contribution in [0.4, 0.5) is 4.79 Å². The maximum Gasteiger partial charge on any atom is 0.408 e. The van der Waals surface area contributed by atoms with Crippen LogP contribution < -0.4 is 5.32 Å². The fraction of sp³-hybridized carbons (Fsp3) is 0.382. The molecule has 0 spiro atoms. The summed E-state index contributed by atoms with van der Waals surface area (Å²) >= 11 is 0. The molecular formula is C34H37N3O5. The highest BCUT2D eigenvalue weighted by molar-refractivity contribution is 5.91. The SMILES string of the molecule is O=C(O)CC1CCCN(C(=O)C2(NC(=O)OCC3c4ccccc4-c4ccccc43)CCN(Cc3ccccc3)C2)C1. The van der Waals surface area contributed by atoms with Crippen molar-refractivity contribution in [2.75, 3.05) is 32.8 Å². The topological polar surface area (TPSA) is 99.2 Å². The van der Waals surface area contributed by atoms with Gasteiger partial charge in [-0.25, -0.2) is 4.79 Å². The quantitative estimate of drug-likeness (QED) is 0.403. The zero-order valence-electron chi connectivity index (χ0n) is 23.7. The number of carboxylic acids is 1. The number of likely N-dealkylation sites (tertiary alicyclic amines) is 2. The fourth-order valence-corrected chi connectivity index (χ4v) is 6.99. The van der Waals surface area contributed by atoms with Crippen LogP contribution in [-0.2, 0) is 20.9 Å². The van der Waals surface area contributed by atoms with Gasteiger partial charge in [0.05, 0.1) is 0 Å². The van der Waals surface area contributed by atoms with Gasteiger partial charge in [-0.2, -0.15) is 0 Å². The number of piperidine rings is 1. The number of rotatable bonds is 8. The third-order valence-corrected chi connectivity index (χ3v) is 8.96. The van der Waals surface area contributed by atoms with Crippen molar-refractivity contribution in [1.82, 2.24) is 15.1 Å². The predicted molar refractivity (Wildman–Crippen MR) is 159 cm³/mol. The van der Waals surface area contributed by atoms with E-state index in [1.807, 2.05) is 42.5 Å². The fourth-order valence-electron chi connectivity index (χ4n) is 6.99. The molecule has 3 aliphatic rings. The largest absolute Gasteiger partial charge is 0.481 e. The molecule has 0 saturated carbocycles. The molecule has 2 amide bonds. The van der Waals surface area contributed by atoms with Gasteiger partial charge >= 0.3 is 12.1 Å². The average Bonchev–Trinajstić information content (AvgIpc) is 3.55. The lowest BCUT2D eigenvalue weighted by atomic mass is 9.91. The molecule has 2 aliphatic heterocycles. The van der Waals surface area contributed by atoms with Gasteiger partial charge in [-0.1, -0.05) is 78.9 Å². The van der Waals surface area contributed by atoms with E-state index in [4.69, 9.17) is 4.74 Å². The number of alkyl carbamates (subject to hydrolysis) is 1. The van der Waals surface area contributed by atoms with Crippen molar-refractivity contribution in [2.24, 2.45) is 5.92 Å². The van der Waals surface area contributed by atoms with Crippen LogP contribution in [0.5, 0.6) is 0 Å². The minimum absolute atomic E-state index is 0.0384. The van der Waals surface area contributed by atoms with Gasteiger partial charge in [-0.3, -0.25) is 14.5 Å². The van der Waals surface area contributed by atoms with Crippen molar-refractivity contribution in [3.63, 3.8) is 0 Å². The van der Waals surface area contributed by atoms with Crippen molar-refractivity contribution in [2.45, 2.75) is 43.7 Å². The van der Waals surface area contributed by atoms with Crippen LogP contribution >= 0.6 is 0 Å². The molecule has 3 aromatic rings. The smallest absolute Gasteiger partial charge is 0.408 e. The summed E-state index contributed by atoms with van der Waals surface area (Å²) in [6.07, 6.45) is 1.42. The molecule has 8 heteroatoms. The Hall–Kier alpha value is -4.17. The predicted octanol–water partition coefficient (Wildman–Crippen LogP) is 4.88. The number of hydrogen-bond acceptors (Lipinski definition) is 5. The second-order valence-corrected chi connectivity index (χ2v) is 11.8. The van der Waals surface area contributed by atoms with E-state index in [2.05, 4.69) is 46.6 Å². The number of nitrogens with zero attached hydrogens (tertiary/aromatic N) is 2. The molecule has 3 aromatic carbocycles. The van der Waals surface area contributed by atoms with Gasteiger partial charge in [0.15, 0.2) is 0 Å². The number of aliphatic carboxylic acids is 1. The van der Waals surface area contributed by atoms with Crippen molar-refractivity contribution in [1.29, 1.82) is 0 Å². The first kappa shape index (κ1) is 28.0. The Labute approximate surface area is 246 Å². The first-order valence-corrected chi connectivity index (χ1v) is 14.8. The van der Waals surface area contributed by atoms with E-state index in [-0.39, 0.29) is 30.8 Å². The Morgan fingerprint density at radius 1 is 0.905 bits per heavy atom. The van der Waals surface area contributed by atoms with Crippen LogP contribution in [0.15, 0.2) is 78.9 Å². The molecule has 0 aromatic heterocycles. The van der Waals surface area contributed by atoms with Crippen LogP contribution in [-0.4, -0.2) is 71.2 Å². The monoisotopic (exact) mass is 567 g/mol. The summed E-state index contributed by atoms with van der Waals surface area (Å²) in [7, 11) is 0. The molecular weight excluding hydrogens is 530 g/mol. The van der Waals surface area contributed by atoms with Crippen LogP contribution in [0.25, 0.3) is 11.1 Å². The van der Waals surface area contributed by atoms with Crippen LogP contribution in [0, 0.1) is 5.92 Å². The van der Waals surface area contributed by atoms with E-state index in [0.29, 0.717) is 39.1 Å². The summed E-state index contributed by atoms with van der Waals surface area (Å²) < 4.78 is 5.87. The van der Waals surface area contributed by atoms with E-state index >= 15 is 0 Å². The van der Waals surface area contributed by atoms with E-state index < -0.39 is 17.6 Å². The minimum atomic E-state index is -1.14. The molecule has 0 radical (unpaired) electrons. The molecule has 2 heterocycles. The molecule has 2 fully saturated rings. The van der Waals surface area contributed by atoms with Gasteiger partial charge in [0.1, 0.15) is 12.1 Å². The number of nitrogens with one attached hydrogen (secondary N) is 1. The third kappa shape index (κ3) is 5.77. The van der Waals surface area contributed by atoms with Gasteiger partial charge in [-0.15, -0.1) is 0 Å². The molecule has 6 rings (SSSR count). The maximum absolute atomic E-state index is 14.2. The Balaban J connectivity index is 1.18. The van der Waals surface area contributed by atoms with E-state index in [1.54, 1.807) is 4.90 Å². The number of ether oxygens (including phenoxy) is 1. The first-order chi connectivity index (χ1) is 20.4. The minimum Gasteiger partial charge on any atom is -0.481 e. The third-order valence-electron chi connectivity index (χ3n) is 8.96. The van der Waals surface area contributed by atoms with E-state index in [0.717, 1.165) is 40.7 Å². The second-order valence-electron chi connectivity index (χ2n) is 11.8. The van der Waals surface area contributed by atoms with Crippen LogP contribution in [0.3, 0.4) is 0 Å². The van der Waals surface area contributed by atoms with Crippen molar-refractivity contribution in [3.05, 3.63) is 95.6 Å². The lowest BCUT2D eigenvalue weighted by Crippen LogP contribution is -2.62. The second kappa shape index (κ2) is 12.0. The lowest BCUT2D eigenvalue weighted by Gasteiger charge is -2.39. The zero-order valence-corrected chi connectivity index (χ0v) is 23.7. The normalized spacial score (nSPS) is 21.9.